The number of carbonyl (C=O) groups excluding carboxylic acids is 1. The smallest absolute Gasteiger partial charge is 0.416 e. The highest BCUT2D eigenvalue weighted by atomic mass is 32.2. The van der Waals surface area contributed by atoms with Gasteiger partial charge < -0.3 is 4.74 Å². The van der Waals surface area contributed by atoms with Crippen LogP contribution < -0.4 is 4.72 Å². The summed E-state index contributed by atoms with van der Waals surface area (Å²) in [4.78, 5) is 12.1. The van der Waals surface area contributed by atoms with E-state index in [9.17, 15) is 26.4 Å². The van der Waals surface area contributed by atoms with Crippen molar-refractivity contribution in [3.63, 3.8) is 0 Å². The monoisotopic (exact) mass is 435 g/mol. The van der Waals surface area contributed by atoms with Crippen molar-refractivity contribution in [1.82, 2.24) is 0 Å². The van der Waals surface area contributed by atoms with Crippen LogP contribution in [-0.2, 0) is 27.5 Å². The Balaban J connectivity index is 1.62. The molecule has 30 heavy (non-hydrogen) atoms. The van der Waals surface area contributed by atoms with E-state index in [4.69, 9.17) is 4.74 Å². The van der Waals surface area contributed by atoms with E-state index in [2.05, 4.69) is 4.72 Å². The maximum atomic E-state index is 12.6. The number of halogens is 3. The van der Waals surface area contributed by atoms with Crippen LogP contribution in [0.15, 0.2) is 83.8 Å². The van der Waals surface area contributed by atoms with Gasteiger partial charge in [0.15, 0.2) is 0 Å². The van der Waals surface area contributed by atoms with E-state index in [0.29, 0.717) is 11.3 Å². The molecule has 0 aliphatic carbocycles. The average molecular weight is 435 g/mol. The van der Waals surface area contributed by atoms with Gasteiger partial charge >= 0.3 is 12.1 Å². The molecule has 0 unspecified atom stereocenters. The molecule has 0 saturated heterocycles. The molecule has 1 N–H and O–H groups in total. The van der Waals surface area contributed by atoms with Crippen LogP contribution in [0, 0.1) is 0 Å². The van der Waals surface area contributed by atoms with Gasteiger partial charge in [0.2, 0.25) is 0 Å². The molecule has 9 heteroatoms. The topological polar surface area (TPSA) is 72.5 Å². The largest absolute Gasteiger partial charge is 0.457 e. The molecule has 0 fully saturated rings. The first-order valence-electron chi connectivity index (χ1n) is 8.66. The van der Waals surface area contributed by atoms with Crippen molar-refractivity contribution >= 4 is 21.7 Å². The van der Waals surface area contributed by atoms with Gasteiger partial charge in [0.05, 0.1) is 16.0 Å². The first-order chi connectivity index (χ1) is 14.1. The summed E-state index contributed by atoms with van der Waals surface area (Å²) in [6, 6.07) is 17.7. The molecule has 0 saturated carbocycles. The molecule has 3 aromatic carbocycles. The Labute approximate surface area is 171 Å². The Morgan fingerprint density at radius 2 is 1.47 bits per heavy atom. The molecular formula is C21H16F3NO4S. The van der Waals surface area contributed by atoms with E-state index in [-0.39, 0.29) is 17.1 Å². The summed E-state index contributed by atoms with van der Waals surface area (Å²) in [5.74, 6) is -0.727. The SMILES string of the molecule is O=C(OCc1ccc(C(F)(F)F)cc1)c1ccc(S(=O)(=O)Nc2ccccc2)cc1. The Morgan fingerprint density at radius 1 is 0.867 bits per heavy atom. The van der Waals surface area contributed by atoms with Crippen molar-refractivity contribution in [2.24, 2.45) is 0 Å². The molecule has 156 valence electrons. The van der Waals surface area contributed by atoms with Crippen molar-refractivity contribution in [3.05, 3.63) is 95.6 Å². The van der Waals surface area contributed by atoms with Crippen LogP contribution in [-0.4, -0.2) is 14.4 Å². The lowest BCUT2D eigenvalue weighted by atomic mass is 10.1. The third-order valence-corrected chi connectivity index (χ3v) is 5.47. The second-order valence-corrected chi connectivity index (χ2v) is 7.95. The number of nitrogens with one attached hydrogen (secondary N) is 1. The Morgan fingerprint density at radius 3 is 2.03 bits per heavy atom. The van der Waals surface area contributed by atoms with Gasteiger partial charge in [-0.15, -0.1) is 0 Å². The molecule has 0 aliphatic rings. The summed E-state index contributed by atoms with van der Waals surface area (Å²) in [6.07, 6.45) is -4.44. The van der Waals surface area contributed by atoms with Crippen LogP contribution in [0.4, 0.5) is 18.9 Å². The van der Waals surface area contributed by atoms with E-state index in [1.807, 2.05) is 0 Å². The van der Waals surface area contributed by atoms with E-state index in [1.165, 1.54) is 36.4 Å². The maximum absolute atomic E-state index is 12.6. The Kier molecular flexibility index (Phi) is 6.12. The van der Waals surface area contributed by atoms with Gasteiger partial charge in [-0.3, -0.25) is 4.72 Å². The zero-order chi connectivity index (χ0) is 21.8. The highest BCUT2D eigenvalue weighted by Gasteiger charge is 2.29. The summed E-state index contributed by atoms with van der Waals surface area (Å²) >= 11 is 0. The lowest BCUT2D eigenvalue weighted by Gasteiger charge is -2.10. The van der Waals surface area contributed by atoms with Crippen molar-refractivity contribution < 1.29 is 31.1 Å². The minimum absolute atomic E-state index is 0.0364. The zero-order valence-electron chi connectivity index (χ0n) is 15.4. The number of hydrogen-bond donors (Lipinski definition) is 1. The number of esters is 1. The van der Waals surface area contributed by atoms with Crippen LogP contribution in [0.1, 0.15) is 21.5 Å². The summed E-state index contributed by atoms with van der Waals surface area (Å²) in [5, 5.41) is 0. The highest BCUT2D eigenvalue weighted by molar-refractivity contribution is 7.92. The van der Waals surface area contributed by atoms with Gasteiger partial charge in [0.1, 0.15) is 6.61 Å². The van der Waals surface area contributed by atoms with Crippen LogP contribution >= 0.6 is 0 Å². The van der Waals surface area contributed by atoms with Gasteiger partial charge in [0.25, 0.3) is 10.0 Å². The number of alkyl halides is 3. The number of benzene rings is 3. The fourth-order valence-electron chi connectivity index (χ4n) is 2.51. The first-order valence-corrected chi connectivity index (χ1v) is 10.1. The van der Waals surface area contributed by atoms with Gasteiger partial charge in [-0.2, -0.15) is 13.2 Å². The standard InChI is InChI=1S/C21H16F3NO4S/c22-21(23,24)17-10-6-15(7-11-17)14-29-20(26)16-8-12-19(13-9-16)30(27,28)25-18-4-2-1-3-5-18/h1-13,25H,14H2. The van der Waals surface area contributed by atoms with Crippen molar-refractivity contribution in [3.8, 4) is 0 Å². The van der Waals surface area contributed by atoms with Crippen molar-refractivity contribution in [2.45, 2.75) is 17.7 Å². The molecule has 0 atom stereocenters. The van der Waals surface area contributed by atoms with Gasteiger partial charge in [-0.05, 0) is 54.1 Å². The number of sulfonamides is 1. The third kappa shape index (κ3) is 5.38. The summed E-state index contributed by atoms with van der Waals surface area (Å²) in [6.45, 7) is -0.216. The normalized spacial score (nSPS) is 11.7. The minimum Gasteiger partial charge on any atom is -0.457 e. The number of rotatable bonds is 6. The Hall–Kier alpha value is -3.33. The fourth-order valence-corrected chi connectivity index (χ4v) is 3.57. The molecule has 0 spiro atoms. The number of hydrogen-bond acceptors (Lipinski definition) is 4. The predicted molar refractivity (Wildman–Crippen MR) is 104 cm³/mol. The Bertz CT molecular complexity index is 1110. The van der Waals surface area contributed by atoms with Gasteiger partial charge in [0, 0.05) is 5.69 Å². The van der Waals surface area contributed by atoms with Crippen LogP contribution in [0.2, 0.25) is 0 Å². The molecule has 0 heterocycles. The fraction of sp³-hybridized carbons (Fsp3) is 0.0952. The zero-order valence-corrected chi connectivity index (χ0v) is 16.2. The lowest BCUT2D eigenvalue weighted by Crippen LogP contribution is -2.13. The van der Waals surface area contributed by atoms with E-state index in [0.717, 1.165) is 12.1 Å². The molecular weight excluding hydrogens is 419 g/mol. The summed E-state index contributed by atoms with van der Waals surface area (Å²) in [7, 11) is -3.82. The predicted octanol–water partition coefficient (Wildman–Crippen LogP) is 4.86. The third-order valence-electron chi connectivity index (χ3n) is 4.08. The second-order valence-electron chi connectivity index (χ2n) is 6.27. The second kappa shape index (κ2) is 8.58. The molecule has 5 nitrogen and oxygen atoms in total. The minimum atomic E-state index is -4.44. The number of anilines is 1. The average Bonchev–Trinajstić information content (AvgIpc) is 2.72. The molecule has 0 aromatic heterocycles. The van der Waals surface area contributed by atoms with Crippen LogP contribution in [0.25, 0.3) is 0 Å². The lowest BCUT2D eigenvalue weighted by molar-refractivity contribution is -0.137. The van der Waals surface area contributed by atoms with E-state index in [1.54, 1.807) is 30.3 Å². The number of ether oxygens (including phenoxy) is 1. The molecule has 0 amide bonds. The molecule has 0 bridgehead atoms. The number of para-hydroxylation sites is 1. The maximum Gasteiger partial charge on any atom is 0.416 e. The van der Waals surface area contributed by atoms with Crippen LogP contribution in [0.5, 0.6) is 0 Å². The van der Waals surface area contributed by atoms with Gasteiger partial charge in [-0.1, -0.05) is 30.3 Å². The van der Waals surface area contributed by atoms with Crippen molar-refractivity contribution in [2.75, 3.05) is 4.72 Å². The first kappa shape index (κ1) is 21.4. The summed E-state index contributed by atoms with van der Waals surface area (Å²) in [5.41, 5.74) is 0.110. The van der Waals surface area contributed by atoms with Gasteiger partial charge in [-0.25, -0.2) is 13.2 Å². The quantitative estimate of drug-likeness (QED) is 0.561. The molecule has 0 radical (unpaired) electrons. The molecule has 0 aliphatic heterocycles. The van der Waals surface area contributed by atoms with Crippen LogP contribution in [0.3, 0.4) is 0 Å². The summed E-state index contributed by atoms with van der Waals surface area (Å²) < 4.78 is 69.9. The molecule has 3 aromatic rings. The van der Waals surface area contributed by atoms with Crippen molar-refractivity contribution in [1.29, 1.82) is 0 Å². The number of carbonyl (C=O) groups is 1. The highest BCUT2D eigenvalue weighted by Crippen LogP contribution is 2.29. The van der Waals surface area contributed by atoms with E-state index < -0.39 is 27.7 Å². The van der Waals surface area contributed by atoms with E-state index >= 15 is 0 Å². The molecule has 3 rings (SSSR count).